The molecule has 0 aliphatic carbocycles. The largest absolute Gasteiger partial charge is 0.378 e. The van der Waals surface area contributed by atoms with Crippen molar-refractivity contribution in [3.05, 3.63) is 79.2 Å². The van der Waals surface area contributed by atoms with E-state index in [2.05, 4.69) is 5.32 Å². The average Bonchev–Trinajstić information content (AvgIpc) is 3.05. The third-order valence-corrected chi connectivity index (χ3v) is 5.92. The maximum absolute atomic E-state index is 12.9. The number of benzene rings is 2. The number of aryl methyl sites for hydroxylation is 1. The Hall–Kier alpha value is -3.63. The first-order chi connectivity index (χ1) is 14.8. The molecule has 0 fully saturated rings. The molecule has 31 heavy (non-hydrogen) atoms. The van der Waals surface area contributed by atoms with E-state index in [4.69, 9.17) is 0 Å². The number of amides is 1. The van der Waals surface area contributed by atoms with E-state index in [0.29, 0.717) is 21.4 Å². The van der Waals surface area contributed by atoms with Crippen LogP contribution in [0.25, 0.3) is 11.6 Å². The topological polar surface area (TPSA) is 78.1 Å². The summed E-state index contributed by atoms with van der Waals surface area (Å²) in [4.78, 5) is 27.7. The smallest absolute Gasteiger partial charge is 0.269 e. The lowest BCUT2D eigenvalue weighted by atomic mass is 10.2. The minimum absolute atomic E-state index is 0.0767. The van der Waals surface area contributed by atoms with E-state index >= 15 is 0 Å². The highest BCUT2D eigenvalue weighted by molar-refractivity contribution is 7.07. The van der Waals surface area contributed by atoms with Crippen LogP contribution in [0.1, 0.15) is 18.1 Å². The van der Waals surface area contributed by atoms with Crippen LogP contribution in [0.2, 0.25) is 0 Å². The first kappa shape index (κ1) is 22.1. The Morgan fingerprint density at radius 2 is 1.81 bits per heavy atom. The number of rotatable bonds is 5. The minimum Gasteiger partial charge on any atom is -0.378 e. The molecule has 3 aromatic rings. The van der Waals surface area contributed by atoms with Crippen molar-refractivity contribution in [1.82, 2.24) is 4.57 Å². The van der Waals surface area contributed by atoms with E-state index < -0.39 is 5.91 Å². The van der Waals surface area contributed by atoms with Crippen LogP contribution in [-0.2, 0) is 11.3 Å². The van der Waals surface area contributed by atoms with Crippen LogP contribution >= 0.6 is 11.3 Å². The zero-order valence-electron chi connectivity index (χ0n) is 18.0. The van der Waals surface area contributed by atoms with Crippen LogP contribution in [0, 0.1) is 18.3 Å². The molecule has 2 aromatic carbocycles. The molecular weight excluding hydrogens is 408 g/mol. The molecule has 1 heterocycles. The van der Waals surface area contributed by atoms with Gasteiger partial charge in [-0.1, -0.05) is 29.8 Å². The molecule has 0 saturated heterocycles. The average molecular weight is 433 g/mol. The molecule has 1 aromatic heterocycles. The van der Waals surface area contributed by atoms with Gasteiger partial charge in [0.25, 0.3) is 11.5 Å². The van der Waals surface area contributed by atoms with Gasteiger partial charge in [-0.2, -0.15) is 5.26 Å². The summed E-state index contributed by atoms with van der Waals surface area (Å²) in [5, 5.41) is 12.4. The molecule has 3 rings (SSSR count). The fourth-order valence-corrected chi connectivity index (χ4v) is 4.20. The van der Waals surface area contributed by atoms with Crippen LogP contribution in [0.3, 0.4) is 0 Å². The number of aromatic nitrogens is 1. The number of hydrogen-bond donors (Lipinski definition) is 1. The Morgan fingerprint density at radius 1 is 1.16 bits per heavy atom. The van der Waals surface area contributed by atoms with Crippen molar-refractivity contribution < 1.29 is 4.79 Å². The zero-order chi connectivity index (χ0) is 22.5. The molecule has 0 atom stereocenters. The fraction of sp³-hybridized carbons (Fsp3) is 0.208. The van der Waals surface area contributed by atoms with Crippen LogP contribution in [0.15, 0.2) is 53.3 Å². The van der Waals surface area contributed by atoms with Gasteiger partial charge in [0.2, 0.25) is 0 Å². The van der Waals surface area contributed by atoms with Crippen LogP contribution in [0.5, 0.6) is 0 Å². The molecular formula is C24H24N4O2S. The maximum Gasteiger partial charge on any atom is 0.269 e. The predicted molar refractivity (Wildman–Crippen MR) is 127 cm³/mol. The number of carbonyl (C=O) groups excluding carboxylic acids is 1. The lowest BCUT2D eigenvalue weighted by molar-refractivity contribution is -0.111. The summed E-state index contributed by atoms with van der Waals surface area (Å²) < 4.78 is 2.30. The van der Waals surface area contributed by atoms with Gasteiger partial charge in [0, 0.05) is 32.0 Å². The van der Waals surface area contributed by atoms with Crippen molar-refractivity contribution >= 4 is 40.3 Å². The monoisotopic (exact) mass is 432 g/mol. The van der Waals surface area contributed by atoms with Crippen molar-refractivity contribution in [1.29, 1.82) is 5.26 Å². The van der Waals surface area contributed by atoms with E-state index in [0.717, 1.165) is 28.2 Å². The third-order valence-electron chi connectivity index (χ3n) is 4.79. The lowest BCUT2D eigenvalue weighted by Crippen LogP contribution is -2.33. The van der Waals surface area contributed by atoms with Gasteiger partial charge in [0.15, 0.2) is 5.57 Å². The van der Waals surface area contributed by atoms with Crippen molar-refractivity contribution in [2.45, 2.75) is 20.4 Å². The van der Waals surface area contributed by atoms with E-state index in [-0.39, 0.29) is 11.1 Å². The van der Waals surface area contributed by atoms with Gasteiger partial charge in [-0.25, -0.2) is 0 Å². The first-order valence-corrected chi connectivity index (χ1v) is 10.7. The summed E-state index contributed by atoms with van der Waals surface area (Å²) in [6, 6.07) is 17.1. The quantitative estimate of drug-likeness (QED) is 0.672. The van der Waals surface area contributed by atoms with Crippen molar-refractivity contribution in [2.75, 3.05) is 24.3 Å². The lowest BCUT2D eigenvalue weighted by Gasteiger charge is -2.11. The molecule has 0 aliphatic rings. The van der Waals surface area contributed by atoms with Gasteiger partial charge >= 0.3 is 0 Å². The Labute approximate surface area is 185 Å². The number of nitrogens with one attached hydrogen (secondary N) is 1. The fourth-order valence-electron chi connectivity index (χ4n) is 3.04. The number of anilines is 2. The summed E-state index contributed by atoms with van der Waals surface area (Å²) in [5.41, 5.74) is 3.31. The molecule has 7 heteroatoms. The molecule has 0 bridgehead atoms. The van der Waals surface area contributed by atoms with Gasteiger partial charge in [-0.15, -0.1) is 11.3 Å². The number of nitriles is 1. The number of nitrogens with zero attached hydrogens (tertiary/aromatic N) is 3. The van der Waals surface area contributed by atoms with Gasteiger partial charge in [-0.05, 0) is 49.8 Å². The van der Waals surface area contributed by atoms with Crippen molar-refractivity contribution in [2.24, 2.45) is 0 Å². The van der Waals surface area contributed by atoms with Gasteiger partial charge in [-0.3, -0.25) is 14.2 Å². The highest BCUT2D eigenvalue weighted by Crippen LogP contribution is 2.13. The number of hydrogen-bond acceptors (Lipinski definition) is 5. The Kier molecular flexibility index (Phi) is 6.73. The third kappa shape index (κ3) is 4.93. The van der Waals surface area contributed by atoms with Gasteiger partial charge in [0.05, 0.1) is 4.53 Å². The molecule has 158 valence electrons. The summed E-state index contributed by atoms with van der Waals surface area (Å²) in [6.07, 6.45) is 1.79. The molecule has 0 aliphatic heterocycles. The normalized spacial score (nSPS) is 12.3. The summed E-state index contributed by atoms with van der Waals surface area (Å²) >= 11 is 1.15. The van der Waals surface area contributed by atoms with E-state index in [9.17, 15) is 14.9 Å². The number of carbonyl (C=O) groups is 1. The van der Waals surface area contributed by atoms with E-state index in [1.807, 2.05) is 75.3 Å². The van der Waals surface area contributed by atoms with Crippen molar-refractivity contribution in [3.8, 4) is 6.07 Å². The number of thiazole rings is 1. The molecule has 6 nitrogen and oxygen atoms in total. The second-order valence-corrected chi connectivity index (χ2v) is 8.29. The predicted octanol–water partition coefficient (Wildman–Crippen LogP) is 2.45. The molecule has 1 N–H and O–H groups in total. The highest BCUT2D eigenvalue weighted by atomic mass is 32.1. The Balaban J connectivity index is 2.08. The van der Waals surface area contributed by atoms with Crippen molar-refractivity contribution in [3.63, 3.8) is 0 Å². The molecule has 0 saturated carbocycles. The Bertz CT molecular complexity index is 1310. The minimum atomic E-state index is -0.531. The summed E-state index contributed by atoms with van der Waals surface area (Å²) in [5.74, 6) is -0.531. The molecule has 0 unspecified atom stereocenters. The summed E-state index contributed by atoms with van der Waals surface area (Å²) in [7, 11) is 3.93. The SMILES string of the molecule is CCn1c(=O)/c(=C/c2ccc(N(C)C)cc2)s/c1=C(\C#N)C(=O)Nc1ccc(C)cc1. The zero-order valence-corrected chi connectivity index (χ0v) is 18.8. The van der Waals surface area contributed by atoms with E-state index in [1.54, 1.807) is 18.2 Å². The second-order valence-electron chi connectivity index (χ2n) is 7.26. The van der Waals surface area contributed by atoms with Gasteiger partial charge in [0.1, 0.15) is 10.7 Å². The molecule has 0 spiro atoms. The van der Waals surface area contributed by atoms with E-state index in [1.165, 1.54) is 4.57 Å². The molecule has 0 radical (unpaired) electrons. The standard InChI is InChI=1S/C24H24N4O2S/c1-5-28-23(30)21(14-17-8-12-19(13-9-17)27(3)4)31-24(28)20(15-25)22(29)26-18-10-6-16(2)7-11-18/h6-14H,5H2,1-4H3,(H,26,29)/b21-14-,24-20+. The van der Waals surface area contributed by atoms with Crippen LogP contribution in [0.4, 0.5) is 11.4 Å². The van der Waals surface area contributed by atoms with Crippen LogP contribution < -0.4 is 25.0 Å². The second kappa shape index (κ2) is 9.45. The highest BCUT2D eigenvalue weighted by Gasteiger charge is 2.15. The van der Waals surface area contributed by atoms with Gasteiger partial charge < -0.3 is 10.2 Å². The Morgan fingerprint density at radius 3 is 2.35 bits per heavy atom. The molecule has 1 amide bonds. The first-order valence-electron chi connectivity index (χ1n) is 9.85. The maximum atomic E-state index is 12.9. The summed E-state index contributed by atoms with van der Waals surface area (Å²) in [6.45, 7) is 4.14. The van der Waals surface area contributed by atoms with Crippen LogP contribution in [-0.4, -0.2) is 24.6 Å².